The van der Waals surface area contributed by atoms with E-state index in [1.807, 2.05) is 6.08 Å². The second-order valence-corrected chi connectivity index (χ2v) is 5.28. The molecule has 2 unspecified atom stereocenters. The Morgan fingerprint density at radius 2 is 2.00 bits per heavy atom. The highest BCUT2D eigenvalue weighted by atomic mass is 16.1. The van der Waals surface area contributed by atoms with E-state index >= 15 is 0 Å². The number of rotatable bonds is 0. The minimum atomic E-state index is 0.342. The summed E-state index contributed by atoms with van der Waals surface area (Å²) in [5.74, 6) is 1.54. The molecule has 0 aromatic heterocycles. The number of carbonyl (C=O) groups is 1. The Morgan fingerprint density at radius 3 is 2.67 bits per heavy atom. The molecule has 1 saturated carbocycles. The molecule has 2 aliphatic carbocycles. The summed E-state index contributed by atoms with van der Waals surface area (Å²) in [6.07, 6.45) is 6.16. The summed E-state index contributed by atoms with van der Waals surface area (Å²) in [4.78, 5) is 11.5. The van der Waals surface area contributed by atoms with E-state index in [4.69, 9.17) is 0 Å². The van der Waals surface area contributed by atoms with Crippen LogP contribution in [-0.2, 0) is 4.79 Å². The fourth-order valence-electron chi connectivity index (χ4n) is 2.90. The molecule has 0 aliphatic heterocycles. The Kier molecular flexibility index (Phi) is 2.81. The molecular formula is C14H20O. The lowest BCUT2D eigenvalue weighted by Gasteiger charge is -2.35. The molecule has 2 rings (SSSR count). The van der Waals surface area contributed by atoms with Crippen molar-refractivity contribution in [3.63, 3.8) is 0 Å². The molecular weight excluding hydrogens is 184 g/mol. The van der Waals surface area contributed by atoms with E-state index in [9.17, 15) is 4.79 Å². The van der Waals surface area contributed by atoms with Crippen LogP contribution in [0.4, 0.5) is 0 Å². The van der Waals surface area contributed by atoms with Gasteiger partial charge in [-0.2, -0.15) is 0 Å². The van der Waals surface area contributed by atoms with Crippen molar-refractivity contribution in [2.45, 2.75) is 46.5 Å². The van der Waals surface area contributed by atoms with Crippen LogP contribution in [0.1, 0.15) is 46.5 Å². The van der Waals surface area contributed by atoms with E-state index in [0.29, 0.717) is 17.6 Å². The number of hydrogen-bond donors (Lipinski definition) is 0. The first-order valence-corrected chi connectivity index (χ1v) is 5.96. The van der Waals surface area contributed by atoms with E-state index in [1.165, 1.54) is 24.0 Å². The van der Waals surface area contributed by atoms with Gasteiger partial charge in [-0.3, -0.25) is 4.79 Å². The predicted octanol–water partition coefficient (Wildman–Crippen LogP) is 3.66. The third-order valence-electron chi connectivity index (χ3n) is 3.92. The Morgan fingerprint density at radius 1 is 1.27 bits per heavy atom. The van der Waals surface area contributed by atoms with E-state index < -0.39 is 0 Å². The van der Waals surface area contributed by atoms with Crippen molar-refractivity contribution >= 4 is 5.78 Å². The van der Waals surface area contributed by atoms with Gasteiger partial charge in [0.2, 0.25) is 0 Å². The summed E-state index contributed by atoms with van der Waals surface area (Å²) in [6, 6.07) is 0. The Hall–Kier alpha value is -0.850. The summed E-state index contributed by atoms with van der Waals surface area (Å²) < 4.78 is 0. The van der Waals surface area contributed by atoms with Gasteiger partial charge in [0.25, 0.3) is 0 Å². The van der Waals surface area contributed by atoms with Gasteiger partial charge in [-0.05, 0) is 51.0 Å². The lowest BCUT2D eigenvalue weighted by molar-refractivity contribution is -0.116. The van der Waals surface area contributed by atoms with Crippen LogP contribution in [0.5, 0.6) is 0 Å². The zero-order valence-electron chi connectivity index (χ0n) is 9.97. The summed E-state index contributed by atoms with van der Waals surface area (Å²) in [5.41, 5.74) is 4.53. The molecule has 2 atom stereocenters. The van der Waals surface area contributed by atoms with Gasteiger partial charge in [0, 0.05) is 6.42 Å². The molecule has 0 bridgehead atoms. The molecule has 0 N–H and O–H groups in total. The highest BCUT2D eigenvalue weighted by Gasteiger charge is 2.31. The van der Waals surface area contributed by atoms with Crippen molar-refractivity contribution in [3.05, 3.63) is 22.8 Å². The standard InChI is InChI=1S/C14H20O/c1-9(2)11-4-5-12-7-13(15)6-10(3)14(12)8-11/h7,10,14H,4-6,8H2,1-3H3. The predicted molar refractivity (Wildman–Crippen MR) is 62.6 cm³/mol. The van der Waals surface area contributed by atoms with E-state index in [0.717, 1.165) is 12.8 Å². The van der Waals surface area contributed by atoms with Crippen LogP contribution >= 0.6 is 0 Å². The van der Waals surface area contributed by atoms with Crippen molar-refractivity contribution in [1.82, 2.24) is 0 Å². The molecule has 82 valence electrons. The minimum Gasteiger partial charge on any atom is -0.295 e. The van der Waals surface area contributed by atoms with E-state index in [1.54, 1.807) is 5.57 Å². The molecule has 0 amide bonds. The molecule has 15 heavy (non-hydrogen) atoms. The van der Waals surface area contributed by atoms with Crippen LogP contribution in [-0.4, -0.2) is 5.78 Å². The van der Waals surface area contributed by atoms with Gasteiger partial charge in [0.15, 0.2) is 5.78 Å². The van der Waals surface area contributed by atoms with Gasteiger partial charge >= 0.3 is 0 Å². The van der Waals surface area contributed by atoms with Crippen molar-refractivity contribution in [2.24, 2.45) is 11.8 Å². The van der Waals surface area contributed by atoms with Gasteiger partial charge in [0.05, 0.1) is 0 Å². The van der Waals surface area contributed by atoms with Crippen LogP contribution in [0.15, 0.2) is 22.8 Å². The molecule has 1 nitrogen and oxygen atoms in total. The van der Waals surface area contributed by atoms with Crippen molar-refractivity contribution < 1.29 is 4.79 Å². The first-order valence-electron chi connectivity index (χ1n) is 5.96. The Balaban J connectivity index is 2.24. The molecule has 0 radical (unpaired) electrons. The number of allylic oxidation sites excluding steroid dienone is 4. The molecule has 0 aromatic carbocycles. The van der Waals surface area contributed by atoms with Crippen molar-refractivity contribution in [2.75, 3.05) is 0 Å². The number of carbonyl (C=O) groups excluding carboxylic acids is 1. The average molecular weight is 204 g/mol. The summed E-state index contributed by atoms with van der Waals surface area (Å²) >= 11 is 0. The fourth-order valence-corrected chi connectivity index (χ4v) is 2.90. The summed E-state index contributed by atoms with van der Waals surface area (Å²) in [5, 5.41) is 0. The maximum Gasteiger partial charge on any atom is 0.155 e. The van der Waals surface area contributed by atoms with E-state index in [-0.39, 0.29) is 0 Å². The SMILES string of the molecule is CC(C)=C1CCC2=CC(=O)CC(C)C2C1. The Labute approximate surface area is 92.3 Å². The van der Waals surface area contributed by atoms with Gasteiger partial charge in [-0.15, -0.1) is 0 Å². The first-order chi connectivity index (χ1) is 7.08. The molecule has 0 aromatic rings. The monoisotopic (exact) mass is 204 g/mol. The van der Waals surface area contributed by atoms with Crippen molar-refractivity contribution in [1.29, 1.82) is 0 Å². The molecule has 1 fully saturated rings. The number of ketones is 1. The quantitative estimate of drug-likeness (QED) is 0.550. The van der Waals surface area contributed by atoms with Gasteiger partial charge < -0.3 is 0 Å². The maximum absolute atomic E-state index is 11.5. The van der Waals surface area contributed by atoms with Crippen LogP contribution in [0, 0.1) is 11.8 Å². The van der Waals surface area contributed by atoms with E-state index in [2.05, 4.69) is 20.8 Å². The lowest BCUT2D eigenvalue weighted by Crippen LogP contribution is -2.26. The average Bonchev–Trinajstić information content (AvgIpc) is 2.16. The third kappa shape index (κ3) is 2.06. The van der Waals surface area contributed by atoms with Gasteiger partial charge in [-0.25, -0.2) is 0 Å². The molecule has 1 heteroatoms. The molecule has 0 heterocycles. The van der Waals surface area contributed by atoms with Crippen LogP contribution < -0.4 is 0 Å². The largest absolute Gasteiger partial charge is 0.295 e. The topological polar surface area (TPSA) is 17.1 Å². The highest BCUT2D eigenvalue weighted by molar-refractivity contribution is 5.91. The van der Waals surface area contributed by atoms with Crippen LogP contribution in [0.2, 0.25) is 0 Å². The number of hydrogen-bond acceptors (Lipinski definition) is 1. The third-order valence-corrected chi connectivity index (χ3v) is 3.92. The molecule has 0 spiro atoms. The second kappa shape index (κ2) is 3.96. The summed E-state index contributed by atoms with van der Waals surface area (Å²) in [6.45, 7) is 6.65. The number of fused-ring (bicyclic) bond motifs is 1. The van der Waals surface area contributed by atoms with Crippen LogP contribution in [0.3, 0.4) is 0 Å². The second-order valence-electron chi connectivity index (χ2n) is 5.28. The zero-order chi connectivity index (χ0) is 11.0. The highest BCUT2D eigenvalue weighted by Crippen LogP contribution is 2.42. The Bertz CT molecular complexity index is 342. The normalized spacial score (nSPS) is 31.0. The zero-order valence-corrected chi connectivity index (χ0v) is 9.97. The lowest BCUT2D eigenvalue weighted by atomic mass is 9.69. The van der Waals surface area contributed by atoms with Gasteiger partial charge in [0.1, 0.15) is 0 Å². The maximum atomic E-state index is 11.5. The van der Waals surface area contributed by atoms with Crippen molar-refractivity contribution in [3.8, 4) is 0 Å². The fraction of sp³-hybridized carbons (Fsp3) is 0.643. The molecule has 2 aliphatic rings. The minimum absolute atomic E-state index is 0.342. The molecule has 0 saturated heterocycles. The van der Waals surface area contributed by atoms with Gasteiger partial charge in [-0.1, -0.05) is 23.6 Å². The van der Waals surface area contributed by atoms with Crippen LogP contribution in [0.25, 0.3) is 0 Å². The first kappa shape index (κ1) is 10.7. The summed E-state index contributed by atoms with van der Waals surface area (Å²) in [7, 11) is 0. The smallest absolute Gasteiger partial charge is 0.155 e.